The van der Waals surface area contributed by atoms with E-state index in [9.17, 15) is 0 Å². The zero-order valence-electron chi connectivity index (χ0n) is 9.53. The Labute approximate surface area is 108 Å². The van der Waals surface area contributed by atoms with E-state index >= 15 is 0 Å². The summed E-state index contributed by atoms with van der Waals surface area (Å²) in [5.41, 5.74) is 1.64. The van der Waals surface area contributed by atoms with Crippen LogP contribution in [-0.4, -0.2) is 29.5 Å². The molecule has 0 aromatic carbocycles. The summed E-state index contributed by atoms with van der Waals surface area (Å²) in [5.74, 6) is 0.628. The molecule has 3 aromatic heterocycles. The number of aryl methyl sites for hydroxylation is 1. The highest BCUT2D eigenvalue weighted by atomic mass is 35.5. The molecule has 0 atom stereocenters. The molecule has 0 saturated heterocycles. The van der Waals surface area contributed by atoms with Crippen LogP contribution in [0.5, 0.6) is 0 Å². The van der Waals surface area contributed by atoms with Gasteiger partial charge in [-0.3, -0.25) is 4.68 Å². The molecule has 0 bridgehead atoms. The van der Waals surface area contributed by atoms with Crippen molar-refractivity contribution < 1.29 is 0 Å². The number of nitrogens with zero attached hydrogens (tertiary/aromatic N) is 6. The zero-order chi connectivity index (χ0) is 12.5. The van der Waals surface area contributed by atoms with Crippen LogP contribution in [0, 0.1) is 0 Å². The van der Waals surface area contributed by atoms with E-state index in [0.29, 0.717) is 11.0 Å². The summed E-state index contributed by atoms with van der Waals surface area (Å²) in [6, 6.07) is 5.40. The number of hydrogen-bond donors (Lipinski definition) is 0. The van der Waals surface area contributed by atoms with Crippen molar-refractivity contribution in [3.8, 4) is 17.2 Å². The maximum Gasteiger partial charge on any atom is 0.158 e. The minimum atomic E-state index is 0.491. The van der Waals surface area contributed by atoms with Crippen molar-refractivity contribution in [3.63, 3.8) is 0 Å². The Morgan fingerprint density at radius 1 is 1.22 bits per heavy atom. The van der Waals surface area contributed by atoms with E-state index in [1.54, 1.807) is 33.9 Å². The van der Waals surface area contributed by atoms with Gasteiger partial charge in [-0.1, -0.05) is 11.6 Å². The average Bonchev–Trinajstić information content (AvgIpc) is 2.96. The maximum atomic E-state index is 6.16. The summed E-state index contributed by atoms with van der Waals surface area (Å²) in [7, 11) is 1.85. The van der Waals surface area contributed by atoms with Crippen LogP contribution in [0.3, 0.4) is 0 Å². The van der Waals surface area contributed by atoms with E-state index in [-0.39, 0.29) is 0 Å². The van der Waals surface area contributed by atoms with Gasteiger partial charge >= 0.3 is 0 Å². The van der Waals surface area contributed by atoms with Gasteiger partial charge in [0.1, 0.15) is 17.2 Å². The fourth-order valence-corrected chi connectivity index (χ4v) is 1.91. The topological polar surface area (TPSA) is 61.4 Å². The minimum Gasteiger partial charge on any atom is -0.266 e. The molecular formula is C11H9ClN6. The first kappa shape index (κ1) is 10.9. The van der Waals surface area contributed by atoms with Crippen molar-refractivity contribution in [1.82, 2.24) is 29.5 Å². The highest BCUT2D eigenvalue weighted by Gasteiger charge is 2.12. The molecule has 0 amide bonds. The molecule has 0 radical (unpaired) electrons. The van der Waals surface area contributed by atoms with Crippen LogP contribution in [0.1, 0.15) is 0 Å². The Balaban J connectivity index is 2.10. The predicted molar refractivity (Wildman–Crippen MR) is 66.4 cm³/mol. The second-order valence-electron chi connectivity index (χ2n) is 3.67. The maximum absolute atomic E-state index is 6.16. The summed E-state index contributed by atoms with van der Waals surface area (Å²) < 4.78 is 3.30. The van der Waals surface area contributed by atoms with E-state index < -0.39 is 0 Å². The molecule has 0 N–H and O–H groups in total. The minimum absolute atomic E-state index is 0.491. The molecule has 3 heterocycles. The highest BCUT2D eigenvalue weighted by Crippen LogP contribution is 2.22. The van der Waals surface area contributed by atoms with Crippen molar-refractivity contribution in [3.05, 3.63) is 42.1 Å². The summed E-state index contributed by atoms with van der Waals surface area (Å²) in [6.07, 6.45) is 4.81. The first-order valence-corrected chi connectivity index (χ1v) is 5.64. The van der Waals surface area contributed by atoms with Crippen molar-refractivity contribution in [2.75, 3.05) is 0 Å². The standard InChI is InChI=1S/C11H9ClN6/c1-17-9(2-5-15-17)8-6-10(12)18(16-8)11-3-4-13-7-14-11/h2-7H,1H3. The van der Waals surface area contributed by atoms with E-state index in [0.717, 1.165) is 11.4 Å². The molecule has 0 spiro atoms. The van der Waals surface area contributed by atoms with Gasteiger partial charge in [0.25, 0.3) is 0 Å². The van der Waals surface area contributed by atoms with Crippen LogP contribution < -0.4 is 0 Å². The average molecular weight is 261 g/mol. The second-order valence-corrected chi connectivity index (χ2v) is 4.06. The van der Waals surface area contributed by atoms with Gasteiger partial charge in [-0.05, 0) is 6.07 Å². The van der Waals surface area contributed by atoms with Crippen molar-refractivity contribution in [2.24, 2.45) is 7.05 Å². The molecule has 0 aliphatic carbocycles. The Morgan fingerprint density at radius 2 is 2.11 bits per heavy atom. The Bertz CT molecular complexity index is 672. The summed E-state index contributed by atoms with van der Waals surface area (Å²) in [5, 5.41) is 9.01. The first-order chi connectivity index (χ1) is 8.75. The molecule has 6 nitrogen and oxygen atoms in total. The molecule has 7 heteroatoms. The number of aromatic nitrogens is 6. The largest absolute Gasteiger partial charge is 0.266 e. The second kappa shape index (κ2) is 4.23. The molecule has 0 unspecified atom stereocenters. The van der Waals surface area contributed by atoms with E-state index in [1.165, 1.54) is 6.33 Å². The van der Waals surface area contributed by atoms with Gasteiger partial charge in [0, 0.05) is 31.6 Å². The van der Waals surface area contributed by atoms with Gasteiger partial charge in [-0.15, -0.1) is 0 Å². The fourth-order valence-electron chi connectivity index (χ4n) is 1.68. The lowest BCUT2D eigenvalue weighted by atomic mass is 10.3. The SMILES string of the molecule is Cn1nccc1-c1cc(Cl)n(-c2ccncn2)n1. The van der Waals surface area contributed by atoms with Gasteiger partial charge in [-0.2, -0.15) is 10.2 Å². The quantitative estimate of drug-likeness (QED) is 0.704. The van der Waals surface area contributed by atoms with E-state index in [4.69, 9.17) is 11.6 Å². The van der Waals surface area contributed by atoms with Crippen LogP contribution in [0.2, 0.25) is 5.15 Å². The van der Waals surface area contributed by atoms with Crippen LogP contribution in [0.25, 0.3) is 17.2 Å². The normalized spacial score (nSPS) is 10.8. The zero-order valence-corrected chi connectivity index (χ0v) is 10.3. The number of halogens is 1. The molecule has 90 valence electrons. The lowest BCUT2D eigenvalue weighted by Crippen LogP contribution is -2.00. The third-order valence-electron chi connectivity index (χ3n) is 2.53. The van der Waals surface area contributed by atoms with E-state index in [1.807, 2.05) is 13.1 Å². The molecule has 0 aliphatic rings. The summed E-state index contributed by atoms with van der Waals surface area (Å²) >= 11 is 6.16. The molecule has 0 aliphatic heterocycles. The highest BCUT2D eigenvalue weighted by molar-refractivity contribution is 6.30. The first-order valence-electron chi connectivity index (χ1n) is 5.26. The van der Waals surface area contributed by atoms with Gasteiger partial charge in [-0.25, -0.2) is 14.6 Å². The molecule has 3 rings (SSSR count). The van der Waals surface area contributed by atoms with Gasteiger partial charge in [0.15, 0.2) is 5.82 Å². The van der Waals surface area contributed by atoms with Crippen LogP contribution >= 0.6 is 11.6 Å². The number of hydrogen-bond acceptors (Lipinski definition) is 4. The van der Waals surface area contributed by atoms with Crippen LogP contribution in [0.4, 0.5) is 0 Å². The summed E-state index contributed by atoms with van der Waals surface area (Å²) in [4.78, 5) is 7.97. The fraction of sp³-hybridized carbons (Fsp3) is 0.0909. The van der Waals surface area contributed by atoms with Crippen LogP contribution in [0.15, 0.2) is 36.9 Å². The predicted octanol–water partition coefficient (Wildman–Crippen LogP) is 1.72. The monoisotopic (exact) mass is 260 g/mol. The third kappa shape index (κ3) is 1.76. The molecular weight excluding hydrogens is 252 g/mol. The van der Waals surface area contributed by atoms with Gasteiger partial charge < -0.3 is 0 Å². The van der Waals surface area contributed by atoms with Crippen molar-refractivity contribution in [1.29, 1.82) is 0 Å². The molecule has 3 aromatic rings. The molecule has 0 saturated carbocycles. The number of rotatable bonds is 2. The van der Waals surface area contributed by atoms with Crippen molar-refractivity contribution in [2.45, 2.75) is 0 Å². The van der Waals surface area contributed by atoms with Gasteiger partial charge in [0.05, 0.1) is 5.69 Å². The third-order valence-corrected chi connectivity index (χ3v) is 2.80. The Morgan fingerprint density at radius 3 is 2.78 bits per heavy atom. The lowest BCUT2D eigenvalue weighted by molar-refractivity contribution is 0.767. The van der Waals surface area contributed by atoms with Gasteiger partial charge in [0.2, 0.25) is 0 Å². The smallest absolute Gasteiger partial charge is 0.158 e. The van der Waals surface area contributed by atoms with Crippen LogP contribution in [-0.2, 0) is 7.05 Å². The molecule has 0 fully saturated rings. The summed E-state index contributed by atoms with van der Waals surface area (Å²) in [6.45, 7) is 0. The Kier molecular flexibility index (Phi) is 2.56. The van der Waals surface area contributed by atoms with E-state index in [2.05, 4.69) is 20.2 Å². The van der Waals surface area contributed by atoms with Crippen molar-refractivity contribution >= 4 is 11.6 Å². The lowest BCUT2D eigenvalue weighted by Gasteiger charge is -2.00. The Hall–Kier alpha value is -2.21. The molecule has 18 heavy (non-hydrogen) atoms.